The molecule has 0 radical (unpaired) electrons. The van der Waals surface area contributed by atoms with Gasteiger partial charge in [0.2, 0.25) is 0 Å². The first-order valence-electron chi connectivity index (χ1n) is 7.16. The number of benzene rings is 1. The zero-order valence-electron chi connectivity index (χ0n) is 11.8. The molecule has 0 saturated carbocycles. The molecular formula is C16H18N4O. The van der Waals surface area contributed by atoms with Crippen molar-refractivity contribution >= 4 is 11.7 Å². The Bertz CT molecular complexity index is 629. The largest absolute Gasteiger partial charge is 0.364 e. The normalized spacial score (nSPS) is 17.9. The van der Waals surface area contributed by atoms with Crippen molar-refractivity contribution in [3.63, 3.8) is 0 Å². The van der Waals surface area contributed by atoms with Crippen molar-refractivity contribution in [2.75, 3.05) is 11.4 Å². The Labute approximate surface area is 123 Å². The predicted molar refractivity (Wildman–Crippen MR) is 81.1 cm³/mol. The van der Waals surface area contributed by atoms with Gasteiger partial charge in [0.15, 0.2) is 0 Å². The number of nitrogens with two attached hydrogens (primary N) is 1. The van der Waals surface area contributed by atoms with Crippen molar-refractivity contribution in [1.29, 1.82) is 0 Å². The molecular weight excluding hydrogens is 264 g/mol. The average molecular weight is 282 g/mol. The Morgan fingerprint density at radius 1 is 1.29 bits per heavy atom. The van der Waals surface area contributed by atoms with Gasteiger partial charge in [-0.1, -0.05) is 30.3 Å². The summed E-state index contributed by atoms with van der Waals surface area (Å²) in [5, 5.41) is 0. The summed E-state index contributed by atoms with van der Waals surface area (Å²) in [6.45, 7) is 0.939. The maximum Gasteiger partial charge on any atom is 0.268 e. The van der Waals surface area contributed by atoms with Gasteiger partial charge in [-0.15, -0.1) is 0 Å². The topological polar surface area (TPSA) is 72.1 Å². The van der Waals surface area contributed by atoms with Crippen LogP contribution in [0.4, 0.5) is 5.82 Å². The summed E-state index contributed by atoms with van der Waals surface area (Å²) in [5.74, 6) is 0.202. The minimum Gasteiger partial charge on any atom is -0.364 e. The summed E-state index contributed by atoms with van der Waals surface area (Å²) in [7, 11) is 0. The molecule has 2 N–H and O–H groups in total. The van der Waals surface area contributed by atoms with Crippen LogP contribution >= 0.6 is 0 Å². The predicted octanol–water partition coefficient (Wildman–Crippen LogP) is 1.79. The second-order valence-electron chi connectivity index (χ2n) is 5.31. The Morgan fingerprint density at radius 2 is 2.10 bits per heavy atom. The summed E-state index contributed by atoms with van der Waals surface area (Å²) in [6.07, 6.45) is 6.34. The van der Waals surface area contributed by atoms with E-state index in [1.54, 1.807) is 6.20 Å². The highest BCUT2D eigenvalue weighted by molar-refractivity contribution is 5.90. The standard InChI is InChI=1S/C16H18N4O/c17-16(21)14-10-18-11-15(19-14)20-8-4-7-13(20)9-12-5-2-1-3-6-12/h1-3,5-6,10-11,13H,4,7-9H2,(H2,17,21). The van der Waals surface area contributed by atoms with Crippen LogP contribution in [0.15, 0.2) is 42.7 Å². The Morgan fingerprint density at radius 3 is 2.86 bits per heavy atom. The fourth-order valence-corrected chi connectivity index (χ4v) is 2.85. The maximum absolute atomic E-state index is 11.2. The lowest BCUT2D eigenvalue weighted by atomic mass is 10.0. The molecule has 1 aromatic heterocycles. The second kappa shape index (κ2) is 5.91. The lowest BCUT2D eigenvalue weighted by molar-refractivity contribution is 0.0995. The summed E-state index contributed by atoms with van der Waals surface area (Å²) in [5.41, 5.74) is 6.81. The van der Waals surface area contributed by atoms with E-state index in [0.717, 1.165) is 31.6 Å². The number of anilines is 1. The monoisotopic (exact) mass is 282 g/mol. The van der Waals surface area contributed by atoms with Gasteiger partial charge in [0.05, 0.1) is 12.4 Å². The van der Waals surface area contributed by atoms with Crippen LogP contribution in [-0.2, 0) is 6.42 Å². The molecule has 0 bridgehead atoms. The smallest absolute Gasteiger partial charge is 0.268 e. The second-order valence-corrected chi connectivity index (χ2v) is 5.31. The zero-order valence-corrected chi connectivity index (χ0v) is 11.8. The maximum atomic E-state index is 11.2. The number of aromatic nitrogens is 2. The number of nitrogens with zero attached hydrogens (tertiary/aromatic N) is 3. The summed E-state index contributed by atoms with van der Waals surface area (Å²) < 4.78 is 0. The van der Waals surface area contributed by atoms with Crippen LogP contribution in [0.1, 0.15) is 28.9 Å². The molecule has 5 nitrogen and oxygen atoms in total. The third-order valence-corrected chi connectivity index (χ3v) is 3.86. The highest BCUT2D eigenvalue weighted by Crippen LogP contribution is 2.25. The third kappa shape index (κ3) is 3.02. The van der Waals surface area contributed by atoms with Gasteiger partial charge in [0, 0.05) is 12.6 Å². The van der Waals surface area contributed by atoms with Gasteiger partial charge in [0.25, 0.3) is 5.91 Å². The molecule has 1 saturated heterocycles. The molecule has 0 aliphatic carbocycles. The van der Waals surface area contributed by atoms with Crippen molar-refractivity contribution in [2.45, 2.75) is 25.3 Å². The molecule has 21 heavy (non-hydrogen) atoms. The summed E-state index contributed by atoms with van der Waals surface area (Å²) in [4.78, 5) is 21.9. The Balaban J connectivity index is 1.80. The zero-order chi connectivity index (χ0) is 14.7. The van der Waals surface area contributed by atoms with Crippen LogP contribution in [0.3, 0.4) is 0 Å². The molecule has 1 aliphatic rings. The van der Waals surface area contributed by atoms with Gasteiger partial charge in [-0.3, -0.25) is 9.78 Å². The molecule has 1 amide bonds. The highest BCUT2D eigenvalue weighted by atomic mass is 16.1. The minimum absolute atomic E-state index is 0.220. The number of hydrogen-bond donors (Lipinski definition) is 1. The van der Waals surface area contributed by atoms with Crippen LogP contribution < -0.4 is 10.6 Å². The van der Waals surface area contributed by atoms with Crippen LogP contribution in [0, 0.1) is 0 Å². The molecule has 1 unspecified atom stereocenters. The van der Waals surface area contributed by atoms with Crippen LogP contribution in [-0.4, -0.2) is 28.5 Å². The molecule has 2 heterocycles. The summed E-state index contributed by atoms with van der Waals surface area (Å²) >= 11 is 0. The fraction of sp³-hybridized carbons (Fsp3) is 0.312. The number of carbonyl (C=O) groups excluding carboxylic acids is 1. The first-order valence-corrected chi connectivity index (χ1v) is 7.16. The van der Waals surface area contributed by atoms with E-state index in [0.29, 0.717) is 6.04 Å². The molecule has 1 fully saturated rings. The van der Waals surface area contributed by atoms with Gasteiger partial charge < -0.3 is 10.6 Å². The van der Waals surface area contributed by atoms with E-state index < -0.39 is 5.91 Å². The van der Waals surface area contributed by atoms with E-state index in [9.17, 15) is 4.79 Å². The lowest BCUT2D eigenvalue weighted by Gasteiger charge is -2.25. The van der Waals surface area contributed by atoms with Crippen LogP contribution in [0.5, 0.6) is 0 Å². The van der Waals surface area contributed by atoms with Gasteiger partial charge in [-0.2, -0.15) is 0 Å². The van der Waals surface area contributed by atoms with E-state index in [1.807, 2.05) is 6.07 Å². The van der Waals surface area contributed by atoms with Crippen LogP contribution in [0.2, 0.25) is 0 Å². The number of primary amides is 1. The van der Waals surface area contributed by atoms with Crippen molar-refractivity contribution in [2.24, 2.45) is 5.73 Å². The molecule has 1 aliphatic heterocycles. The van der Waals surface area contributed by atoms with Crippen LogP contribution in [0.25, 0.3) is 0 Å². The number of carbonyl (C=O) groups is 1. The number of rotatable bonds is 4. The van der Waals surface area contributed by atoms with Gasteiger partial charge in [-0.25, -0.2) is 4.98 Å². The van der Waals surface area contributed by atoms with Crippen molar-refractivity contribution in [3.8, 4) is 0 Å². The quantitative estimate of drug-likeness (QED) is 0.928. The highest BCUT2D eigenvalue weighted by Gasteiger charge is 2.26. The van der Waals surface area contributed by atoms with Crippen molar-refractivity contribution in [1.82, 2.24) is 9.97 Å². The minimum atomic E-state index is -0.539. The first kappa shape index (κ1) is 13.5. The SMILES string of the molecule is NC(=O)c1cncc(N2CCCC2Cc2ccccc2)n1. The van der Waals surface area contributed by atoms with E-state index in [4.69, 9.17) is 5.73 Å². The molecule has 1 aromatic carbocycles. The molecule has 2 aromatic rings. The Kier molecular flexibility index (Phi) is 3.81. The molecule has 108 valence electrons. The van der Waals surface area contributed by atoms with Crippen molar-refractivity contribution < 1.29 is 4.79 Å². The fourth-order valence-electron chi connectivity index (χ4n) is 2.85. The van der Waals surface area contributed by atoms with Gasteiger partial charge in [0.1, 0.15) is 11.5 Å². The van der Waals surface area contributed by atoms with Crippen molar-refractivity contribution in [3.05, 3.63) is 54.0 Å². The molecule has 0 spiro atoms. The number of amides is 1. The molecule has 5 heteroatoms. The average Bonchev–Trinajstić information content (AvgIpc) is 2.96. The van der Waals surface area contributed by atoms with Gasteiger partial charge in [-0.05, 0) is 24.8 Å². The summed E-state index contributed by atoms with van der Waals surface area (Å²) in [6, 6.07) is 10.8. The van der Waals surface area contributed by atoms with E-state index in [-0.39, 0.29) is 5.69 Å². The van der Waals surface area contributed by atoms with Gasteiger partial charge >= 0.3 is 0 Å². The van der Waals surface area contributed by atoms with E-state index >= 15 is 0 Å². The third-order valence-electron chi connectivity index (χ3n) is 3.86. The Hall–Kier alpha value is -2.43. The molecule has 1 atom stereocenters. The first-order chi connectivity index (χ1) is 10.2. The number of hydrogen-bond acceptors (Lipinski definition) is 4. The van der Waals surface area contributed by atoms with E-state index in [2.05, 4.69) is 39.1 Å². The lowest BCUT2D eigenvalue weighted by Crippen LogP contribution is -2.32. The van der Waals surface area contributed by atoms with E-state index in [1.165, 1.54) is 11.8 Å². The molecule has 3 rings (SSSR count).